The zero-order chi connectivity index (χ0) is 20.4. The van der Waals surface area contributed by atoms with E-state index in [-0.39, 0.29) is 6.04 Å². The number of nitrogens with one attached hydrogen (secondary N) is 1. The molecule has 2 aromatic carbocycles. The molecule has 1 fully saturated rings. The van der Waals surface area contributed by atoms with Gasteiger partial charge in [0.15, 0.2) is 11.5 Å². The SMILES string of the molecule is COc1cc2nncc(N3CCNC(c4ccc(N(C)C)cc4)C3)c2cc1OC. The maximum atomic E-state index is 5.50. The fourth-order valence-electron chi connectivity index (χ4n) is 3.82. The van der Waals surface area contributed by atoms with Crippen molar-refractivity contribution < 1.29 is 9.47 Å². The van der Waals surface area contributed by atoms with E-state index in [0.717, 1.165) is 36.2 Å². The van der Waals surface area contributed by atoms with Gasteiger partial charge in [-0.05, 0) is 23.8 Å². The molecular weight excluding hydrogens is 366 g/mol. The van der Waals surface area contributed by atoms with Crippen LogP contribution in [0, 0.1) is 0 Å². The van der Waals surface area contributed by atoms with Crippen molar-refractivity contribution in [1.29, 1.82) is 0 Å². The summed E-state index contributed by atoms with van der Waals surface area (Å²) in [7, 11) is 7.39. The number of hydrogen-bond acceptors (Lipinski definition) is 7. The summed E-state index contributed by atoms with van der Waals surface area (Å²) in [6, 6.07) is 12.8. The van der Waals surface area contributed by atoms with E-state index in [2.05, 4.69) is 63.7 Å². The number of rotatable bonds is 5. The molecule has 0 saturated carbocycles. The van der Waals surface area contributed by atoms with Gasteiger partial charge in [0.05, 0.1) is 31.6 Å². The zero-order valence-electron chi connectivity index (χ0n) is 17.3. The third-order valence-corrected chi connectivity index (χ3v) is 5.45. The summed E-state index contributed by atoms with van der Waals surface area (Å²) in [5.41, 5.74) is 4.34. The highest BCUT2D eigenvalue weighted by atomic mass is 16.5. The Morgan fingerprint density at radius 1 is 1.07 bits per heavy atom. The first kappa shape index (κ1) is 19.3. The summed E-state index contributed by atoms with van der Waals surface area (Å²) in [5, 5.41) is 13.2. The fourth-order valence-corrected chi connectivity index (χ4v) is 3.82. The van der Waals surface area contributed by atoms with Gasteiger partial charge in [0.2, 0.25) is 0 Å². The molecule has 0 spiro atoms. The van der Waals surface area contributed by atoms with Crippen molar-refractivity contribution in [1.82, 2.24) is 15.5 Å². The van der Waals surface area contributed by atoms with Crippen LogP contribution in [-0.4, -0.2) is 58.1 Å². The van der Waals surface area contributed by atoms with Gasteiger partial charge in [-0.3, -0.25) is 0 Å². The van der Waals surface area contributed by atoms with Crippen LogP contribution < -0.4 is 24.6 Å². The summed E-state index contributed by atoms with van der Waals surface area (Å²) >= 11 is 0. The van der Waals surface area contributed by atoms with Gasteiger partial charge < -0.3 is 24.6 Å². The number of fused-ring (bicyclic) bond motifs is 1. The number of ether oxygens (including phenoxy) is 2. The van der Waals surface area contributed by atoms with Crippen LogP contribution in [0.2, 0.25) is 0 Å². The molecule has 0 aliphatic carbocycles. The van der Waals surface area contributed by atoms with Crippen LogP contribution in [0.5, 0.6) is 11.5 Å². The van der Waals surface area contributed by atoms with Gasteiger partial charge in [0.1, 0.15) is 0 Å². The number of piperazine rings is 1. The van der Waals surface area contributed by atoms with Crippen molar-refractivity contribution in [2.24, 2.45) is 0 Å². The first-order valence-corrected chi connectivity index (χ1v) is 9.73. The highest BCUT2D eigenvalue weighted by Crippen LogP contribution is 2.36. The molecule has 29 heavy (non-hydrogen) atoms. The highest BCUT2D eigenvalue weighted by molar-refractivity contribution is 5.93. The highest BCUT2D eigenvalue weighted by Gasteiger charge is 2.23. The minimum atomic E-state index is 0.253. The van der Waals surface area contributed by atoms with Crippen LogP contribution in [0.1, 0.15) is 11.6 Å². The summed E-state index contributed by atoms with van der Waals surface area (Å²) < 4.78 is 10.9. The van der Waals surface area contributed by atoms with E-state index in [1.54, 1.807) is 14.2 Å². The molecule has 3 aromatic rings. The van der Waals surface area contributed by atoms with E-state index in [4.69, 9.17) is 9.47 Å². The second kappa shape index (κ2) is 8.13. The Balaban J connectivity index is 1.65. The maximum absolute atomic E-state index is 5.50. The second-order valence-electron chi connectivity index (χ2n) is 7.39. The molecule has 1 atom stereocenters. The average Bonchev–Trinajstić information content (AvgIpc) is 2.77. The summed E-state index contributed by atoms with van der Waals surface area (Å²) in [6.45, 7) is 2.66. The van der Waals surface area contributed by atoms with Crippen LogP contribution in [-0.2, 0) is 0 Å². The first-order chi connectivity index (χ1) is 14.1. The van der Waals surface area contributed by atoms with Gasteiger partial charge in [-0.25, -0.2) is 0 Å². The summed E-state index contributed by atoms with van der Waals surface area (Å²) in [5.74, 6) is 1.35. The molecule has 7 nitrogen and oxygen atoms in total. The molecule has 1 saturated heterocycles. The first-order valence-electron chi connectivity index (χ1n) is 9.73. The smallest absolute Gasteiger partial charge is 0.162 e. The summed E-state index contributed by atoms with van der Waals surface area (Å²) in [4.78, 5) is 4.48. The van der Waals surface area contributed by atoms with E-state index in [1.165, 1.54) is 11.3 Å². The Hall–Kier alpha value is -3.06. The molecule has 7 heteroatoms. The van der Waals surface area contributed by atoms with E-state index in [0.29, 0.717) is 11.5 Å². The number of nitrogens with zero attached hydrogens (tertiary/aromatic N) is 4. The van der Waals surface area contributed by atoms with Crippen molar-refractivity contribution in [2.75, 3.05) is 57.7 Å². The lowest BCUT2D eigenvalue weighted by Crippen LogP contribution is -2.46. The Morgan fingerprint density at radius 3 is 2.48 bits per heavy atom. The average molecular weight is 393 g/mol. The Bertz CT molecular complexity index is 990. The van der Waals surface area contributed by atoms with Gasteiger partial charge in [-0.2, -0.15) is 10.2 Å². The third-order valence-electron chi connectivity index (χ3n) is 5.45. The number of hydrogen-bond donors (Lipinski definition) is 1. The second-order valence-corrected chi connectivity index (χ2v) is 7.39. The lowest BCUT2D eigenvalue weighted by Gasteiger charge is -2.36. The standard InChI is InChI=1S/C22H27N5O2/c1-26(2)16-7-5-15(6-8-16)19-14-27(10-9-23-19)20-13-24-25-18-12-22(29-4)21(28-3)11-17(18)20/h5-8,11-13,19,23H,9-10,14H2,1-4H3. The van der Waals surface area contributed by atoms with Crippen LogP contribution >= 0.6 is 0 Å². The number of anilines is 2. The normalized spacial score (nSPS) is 16.7. The molecule has 1 N–H and O–H groups in total. The van der Waals surface area contributed by atoms with E-state index in [1.807, 2.05) is 18.3 Å². The Morgan fingerprint density at radius 2 is 1.79 bits per heavy atom. The lowest BCUT2D eigenvalue weighted by atomic mass is 10.0. The lowest BCUT2D eigenvalue weighted by molar-refractivity contribution is 0.355. The van der Waals surface area contributed by atoms with E-state index < -0.39 is 0 Å². The van der Waals surface area contributed by atoms with Gasteiger partial charge in [0, 0.05) is 56.9 Å². The van der Waals surface area contributed by atoms with Gasteiger partial charge >= 0.3 is 0 Å². The predicted molar refractivity (Wildman–Crippen MR) is 116 cm³/mol. The largest absolute Gasteiger partial charge is 0.493 e. The molecule has 1 aliphatic rings. The molecule has 0 amide bonds. The van der Waals surface area contributed by atoms with Crippen molar-refractivity contribution >= 4 is 22.3 Å². The van der Waals surface area contributed by atoms with Gasteiger partial charge in [0.25, 0.3) is 0 Å². The molecule has 1 aromatic heterocycles. The molecule has 4 rings (SSSR count). The monoisotopic (exact) mass is 393 g/mol. The molecule has 1 aliphatic heterocycles. The number of methoxy groups -OCH3 is 2. The minimum absolute atomic E-state index is 0.253. The summed E-state index contributed by atoms with van der Waals surface area (Å²) in [6.07, 6.45) is 1.84. The van der Waals surface area contributed by atoms with Crippen LogP contribution in [0.25, 0.3) is 10.9 Å². The minimum Gasteiger partial charge on any atom is -0.493 e. The number of aromatic nitrogens is 2. The maximum Gasteiger partial charge on any atom is 0.162 e. The topological polar surface area (TPSA) is 62.8 Å². The fraction of sp³-hybridized carbons (Fsp3) is 0.364. The van der Waals surface area contributed by atoms with Crippen molar-refractivity contribution in [3.63, 3.8) is 0 Å². The number of benzene rings is 2. The van der Waals surface area contributed by atoms with Crippen molar-refractivity contribution in [3.05, 3.63) is 48.2 Å². The van der Waals surface area contributed by atoms with Crippen LogP contribution in [0.15, 0.2) is 42.6 Å². The molecule has 0 bridgehead atoms. The molecule has 152 valence electrons. The zero-order valence-corrected chi connectivity index (χ0v) is 17.3. The van der Waals surface area contributed by atoms with Crippen molar-refractivity contribution in [3.8, 4) is 11.5 Å². The molecule has 0 radical (unpaired) electrons. The van der Waals surface area contributed by atoms with Gasteiger partial charge in [-0.1, -0.05) is 12.1 Å². The molecule has 1 unspecified atom stereocenters. The van der Waals surface area contributed by atoms with Crippen LogP contribution in [0.3, 0.4) is 0 Å². The Labute approximate surface area is 171 Å². The molecular formula is C22H27N5O2. The van der Waals surface area contributed by atoms with Crippen molar-refractivity contribution in [2.45, 2.75) is 6.04 Å². The van der Waals surface area contributed by atoms with E-state index >= 15 is 0 Å². The third kappa shape index (κ3) is 3.78. The Kier molecular flexibility index (Phi) is 5.40. The quantitative estimate of drug-likeness (QED) is 0.715. The van der Waals surface area contributed by atoms with Crippen LogP contribution in [0.4, 0.5) is 11.4 Å². The molecule has 2 heterocycles. The predicted octanol–water partition coefficient (Wildman–Crippen LogP) is 2.86. The van der Waals surface area contributed by atoms with E-state index in [9.17, 15) is 0 Å². The van der Waals surface area contributed by atoms with Gasteiger partial charge in [-0.15, -0.1) is 0 Å².